The van der Waals surface area contributed by atoms with Crippen LogP contribution in [0.1, 0.15) is 0 Å². The maximum absolute atomic E-state index is 5.90. The van der Waals surface area contributed by atoms with Gasteiger partial charge in [-0.3, -0.25) is 0 Å². The van der Waals surface area contributed by atoms with Crippen LogP contribution in [-0.2, 0) is 0 Å². The van der Waals surface area contributed by atoms with E-state index >= 15 is 0 Å². The first-order valence-corrected chi connectivity index (χ1v) is 11.8. The molecule has 6 aromatic rings. The van der Waals surface area contributed by atoms with E-state index in [1.807, 2.05) is 24.3 Å². The summed E-state index contributed by atoms with van der Waals surface area (Å²) < 4.78 is 11.8. The van der Waals surface area contributed by atoms with Crippen LogP contribution in [0.25, 0.3) is 43.8 Å². The van der Waals surface area contributed by atoms with E-state index in [9.17, 15) is 0 Å². The van der Waals surface area contributed by atoms with Crippen LogP contribution < -0.4 is 9.31 Å². The predicted molar refractivity (Wildman–Crippen MR) is 147 cm³/mol. The van der Waals surface area contributed by atoms with Crippen LogP contribution in [0.2, 0.25) is 0 Å². The zero-order valence-corrected chi connectivity index (χ0v) is 19.2. The van der Waals surface area contributed by atoms with Gasteiger partial charge in [0.05, 0.1) is 0 Å². The van der Waals surface area contributed by atoms with Crippen LogP contribution in [0.3, 0.4) is 0 Å². The lowest BCUT2D eigenvalue weighted by atomic mass is 10.0. The van der Waals surface area contributed by atoms with Gasteiger partial charge in [-0.15, -0.1) is 0 Å². The third-order valence-electron chi connectivity index (χ3n) is 6.29. The number of hydrogen-bond donors (Lipinski definition) is 0. The van der Waals surface area contributed by atoms with Crippen molar-refractivity contribution in [2.75, 3.05) is 0 Å². The summed E-state index contributed by atoms with van der Waals surface area (Å²) in [6.07, 6.45) is 0. The third-order valence-corrected chi connectivity index (χ3v) is 6.29. The Morgan fingerprint density at radius 2 is 0.743 bits per heavy atom. The van der Waals surface area contributed by atoms with Crippen molar-refractivity contribution in [3.63, 3.8) is 0 Å². The van der Waals surface area contributed by atoms with Gasteiger partial charge >= 0.3 is 7.69 Å². The molecule has 0 fully saturated rings. The van der Waals surface area contributed by atoms with Gasteiger partial charge in [-0.05, 0) is 80.2 Å². The number of hydrogen-bond acceptors (Lipinski definition) is 2. The SMILES string of the molecule is B(Oc1ccc2cc(-c3ccccc3)ccc2c1)Oc1ccc2cc(-c3ccccc3)ccc2c1. The number of rotatable bonds is 6. The van der Waals surface area contributed by atoms with Crippen LogP contribution in [0.4, 0.5) is 0 Å². The normalized spacial score (nSPS) is 10.9. The Morgan fingerprint density at radius 1 is 0.343 bits per heavy atom. The zero-order chi connectivity index (χ0) is 23.5. The minimum absolute atomic E-state index is 0.154. The molecule has 35 heavy (non-hydrogen) atoms. The van der Waals surface area contributed by atoms with Crippen LogP contribution in [0.5, 0.6) is 11.5 Å². The van der Waals surface area contributed by atoms with E-state index in [0.29, 0.717) is 0 Å². The van der Waals surface area contributed by atoms with Gasteiger partial charge in [-0.2, -0.15) is 0 Å². The number of benzene rings is 6. The largest absolute Gasteiger partial charge is 0.576 e. The van der Waals surface area contributed by atoms with Gasteiger partial charge in [-0.25, -0.2) is 0 Å². The summed E-state index contributed by atoms with van der Waals surface area (Å²) in [5.74, 6) is 1.58. The minimum atomic E-state index is 0.154. The Kier molecular flexibility index (Phi) is 5.66. The first-order valence-electron chi connectivity index (χ1n) is 11.8. The van der Waals surface area contributed by atoms with Crippen LogP contribution in [-0.4, -0.2) is 7.69 Å². The smallest absolute Gasteiger partial charge is 0.529 e. The van der Waals surface area contributed by atoms with Gasteiger partial charge in [0, 0.05) is 0 Å². The van der Waals surface area contributed by atoms with Gasteiger partial charge < -0.3 is 9.31 Å². The van der Waals surface area contributed by atoms with Crippen LogP contribution in [0.15, 0.2) is 133 Å². The lowest BCUT2D eigenvalue weighted by Crippen LogP contribution is -2.10. The van der Waals surface area contributed by atoms with Crippen molar-refractivity contribution in [3.8, 4) is 33.8 Å². The van der Waals surface area contributed by atoms with E-state index in [0.717, 1.165) is 22.3 Å². The van der Waals surface area contributed by atoms with Gasteiger partial charge in [0.1, 0.15) is 11.5 Å². The van der Waals surface area contributed by atoms with Gasteiger partial charge in [0.2, 0.25) is 0 Å². The molecule has 3 heteroatoms. The molecule has 0 saturated carbocycles. The van der Waals surface area contributed by atoms with Crippen molar-refractivity contribution in [2.24, 2.45) is 0 Å². The molecule has 0 aliphatic rings. The van der Waals surface area contributed by atoms with Gasteiger partial charge in [-0.1, -0.05) is 97.1 Å². The highest BCUT2D eigenvalue weighted by Crippen LogP contribution is 2.28. The molecule has 0 spiro atoms. The molecule has 0 aliphatic carbocycles. The highest BCUT2D eigenvalue weighted by Gasteiger charge is 2.05. The standard InChI is InChI=1S/C32H23BO2/c1-3-7-23(8-4-1)25-11-13-29-21-31(17-15-27(29)19-25)34-33-35-32-18-16-28-20-26(12-14-30(28)22-32)24-9-5-2-6-10-24/h1-22,33H. The molecule has 0 atom stereocenters. The predicted octanol–water partition coefficient (Wildman–Crippen LogP) is 8.05. The quantitative estimate of drug-likeness (QED) is 0.239. The fraction of sp³-hybridized carbons (Fsp3) is 0. The lowest BCUT2D eigenvalue weighted by molar-refractivity contribution is 0.460. The first-order chi connectivity index (χ1) is 17.3. The fourth-order valence-corrected chi connectivity index (χ4v) is 4.41. The molecule has 6 rings (SSSR count). The van der Waals surface area contributed by atoms with Crippen molar-refractivity contribution in [3.05, 3.63) is 133 Å². The Hall–Kier alpha value is -4.50. The summed E-state index contributed by atoms with van der Waals surface area (Å²) in [5, 5.41) is 4.65. The van der Waals surface area contributed by atoms with Crippen molar-refractivity contribution in [2.45, 2.75) is 0 Å². The summed E-state index contributed by atoms with van der Waals surface area (Å²) in [6.45, 7) is 0. The molecule has 0 aliphatic heterocycles. The molecule has 0 aromatic heterocycles. The lowest BCUT2D eigenvalue weighted by Gasteiger charge is -2.10. The monoisotopic (exact) mass is 450 g/mol. The molecular formula is C32H23BO2. The fourth-order valence-electron chi connectivity index (χ4n) is 4.41. The summed E-state index contributed by atoms with van der Waals surface area (Å²) in [7, 11) is 0.154. The summed E-state index contributed by atoms with van der Waals surface area (Å²) in [6, 6.07) is 46.1. The molecule has 166 valence electrons. The number of fused-ring (bicyclic) bond motifs is 2. The Morgan fingerprint density at radius 3 is 1.20 bits per heavy atom. The molecule has 0 unspecified atom stereocenters. The average molecular weight is 450 g/mol. The molecule has 2 nitrogen and oxygen atoms in total. The Labute approximate surface area is 205 Å². The van der Waals surface area contributed by atoms with E-state index in [1.54, 1.807) is 0 Å². The van der Waals surface area contributed by atoms with E-state index in [2.05, 4.69) is 109 Å². The second-order valence-corrected chi connectivity index (χ2v) is 8.59. The van der Waals surface area contributed by atoms with Crippen LogP contribution >= 0.6 is 0 Å². The second kappa shape index (κ2) is 9.40. The molecule has 0 saturated heterocycles. The van der Waals surface area contributed by atoms with Crippen molar-refractivity contribution >= 4 is 29.2 Å². The van der Waals surface area contributed by atoms with Crippen molar-refractivity contribution < 1.29 is 9.31 Å². The highest BCUT2D eigenvalue weighted by atomic mass is 16.6. The molecule has 0 bridgehead atoms. The topological polar surface area (TPSA) is 18.5 Å². The van der Waals surface area contributed by atoms with Gasteiger partial charge in [0.15, 0.2) is 0 Å². The third kappa shape index (κ3) is 4.62. The Bertz CT molecular complexity index is 1490. The Balaban J connectivity index is 1.13. The summed E-state index contributed by atoms with van der Waals surface area (Å²) in [5.41, 5.74) is 4.86. The van der Waals surface area contributed by atoms with E-state index in [4.69, 9.17) is 9.31 Å². The molecule has 0 amide bonds. The van der Waals surface area contributed by atoms with Crippen molar-refractivity contribution in [1.82, 2.24) is 0 Å². The van der Waals surface area contributed by atoms with Gasteiger partial charge in [0.25, 0.3) is 0 Å². The molecule has 0 radical (unpaired) electrons. The minimum Gasteiger partial charge on any atom is -0.529 e. The molecule has 6 aromatic carbocycles. The van der Waals surface area contributed by atoms with Crippen molar-refractivity contribution in [1.29, 1.82) is 0 Å². The molecular weight excluding hydrogens is 427 g/mol. The van der Waals surface area contributed by atoms with E-state index < -0.39 is 0 Å². The van der Waals surface area contributed by atoms with Crippen LogP contribution in [0, 0.1) is 0 Å². The summed E-state index contributed by atoms with van der Waals surface area (Å²) >= 11 is 0. The zero-order valence-electron chi connectivity index (χ0n) is 19.2. The second-order valence-electron chi connectivity index (χ2n) is 8.59. The highest BCUT2D eigenvalue weighted by molar-refractivity contribution is 6.21. The maximum Gasteiger partial charge on any atom is 0.576 e. The molecule has 0 N–H and O–H groups in total. The van der Waals surface area contributed by atoms with E-state index in [1.165, 1.54) is 33.0 Å². The first kappa shape index (κ1) is 21.1. The average Bonchev–Trinajstić information content (AvgIpc) is 2.93. The molecule has 0 heterocycles. The maximum atomic E-state index is 5.90. The summed E-state index contributed by atoms with van der Waals surface area (Å²) in [4.78, 5) is 0. The van der Waals surface area contributed by atoms with E-state index in [-0.39, 0.29) is 7.69 Å².